The van der Waals surface area contributed by atoms with Crippen LogP contribution in [0.15, 0.2) is 0 Å². The van der Waals surface area contributed by atoms with Crippen molar-refractivity contribution in [3.63, 3.8) is 0 Å². The van der Waals surface area contributed by atoms with E-state index >= 15 is 0 Å². The van der Waals surface area contributed by atoms with Gasteiger partial charge in [0.15, 0.2) is 0 Å². The number of carbonyl (C=O) groups is 2. The molecule has 4 N–H and O–H groups in total. The third-order valence-electron chi connectivity index (χ3n) is 2.67. The summed E-state index contributed by atoms with van der Waals surface area (Å²) in [6.45, 7) is 2.66. The van der Waals surface area contributed by atoms with Crippen molar-refractivity contribution in [2.24, 2.45) is 5.73 Å². The highest BCUT2D eigenvalue weighted by molar-refractivity contribution is 8.00. The van der Waals surface area contributed by atoms with Crippen LogP contribution in [0.3, 0.4) is 0 Å². The number of thioether (sulfide) groups is 1. The molecule has 1 rings (SSSR count). The Morgan fingerprint density at radius 1 is 1.62 bits per heavy atom. The lowest BCUT2D eigenvalue weighted by Gasteiger charge is -2.23. The van der Waals surface area contributed by atoms with Gasteiger partial charge in [0, 0.05) is 11.3 Å². The molecule has 92 valence electrons. The molecule has 1 fully saturated rings. The van der Waals surface area contributed by atoms with E-state index in [2.05, 4.69) is 12.2 Å². The second-order valence-corrected chi connectivity index (χ2v) is 6.01. The topological polar surface area (TPSA) is 92.4 Å². The van der Waals surface area contributed by atoms with Gasteiger partial charge in [-0.3, -0.25) is 9.59 Å². The smallest absolute Gasteiger partial charge is 0.305 e. The molecule has 0 radical (unpaired) electrons. The molecule has 0 aromatic carbocycles. The number of nitrogens with two attached hydrogens (primary N) is 1. The largest absolute Gasteiger partial charge is 0.481 e. The molecule has 0 aromatic rings. The first-order valence-electron chi connectivity index (χ1n) is 5.32. The lowest BCUT2D eigenvalue weighted by atomic mass is 10.1. The summed E-state index contributed by atoms with van der Waals surface area (Å²) >= 11 is 1.84. The predicted octanol–water partition coefficient (Wildman–Crippen LogP) is 0.190. The first-order chi connectivity index (χ1) is 7.43. The maximum atomic E-state index is 11.5. The van der Waals surface area contributed by atoms with Crippen molar-refractivity contribution < 1.29 is 14.7 Å². The van der Waals surface area contributed by atoms with Gasteiger partial charge in [-0.2, -0.15) is 11.8 Å². The van der Waals surface area contributed by atoms with Gasteiger partial charge in [-0.15, -0.1) is 0 Å². The molecule has 5 nitrogen and oxygen atoms in total. The highest BCUT2D eigenvalue weighted by Crippen LogP contribution is 2.36. The van der Waals surface area contributed by atoms with Gasteiger partial charge in [-0.05, 0) is 25.5 Å². The van der Waals surface area contributed by atoms with Crippen molar-refractivity contribution in [1.29, 1.82) is 0 Å². The zero-order chi connectivity index (χ0) is 12.2. The summed E-state index contributed by atoms with van der Waals surface area (Å²) in [7, 11) is 0. The van der Waals surface area contributed by atoms with Gasteiger partial charge in [0.2, 0.25) is 5.91 Å². The van der Waals surface area contributed by atoms with Crippen molar-refractivity contribution in [1.82, 2.24) is 5.32 Å². The van der Waals surface area contributed by atoms with Crippen LogP contribution in [0.2, 0.25) is 0 Å². The lowest BCUT2D eigenvalue weighted by Crippen LogP contribution is -2.46. The van der Waals surface area contributed by atoms with Crippen LogP contribution in [0, 0.1) is 0 Å². The van der Waals surface area contributed by atoms with Crippen LogP contribution in [-0.2, 0) is 9.59 Å². The number of nitrogens with one attached hydrogen (secondary N) is 1. The van der Waals surface area contributed by atoms with Crippen molar-refractivity contribution in [3.05, 3.63) is 0 Å². The molecule has 2 atom stereocenters. The Morgan fingerprint density at radius 2 is 2.31 bits per heavy atom. The van der Waals surface area contributed by atoms with Crippen LogP contribution in [-0.4, -0.2) is 40.1 Å². The Balaban J connectivity index is 2.31. The minimum atomic E-state index is -1.05. The number of hydrogen-bond acceptors (Lipinski definition) is 4. The average molecular weight is 246 g/mol. The van der Waals surface area contributed by atoms with E-state index in [1.165, 1.54) is 0 Å². The molecule has 1 aliphatic rings. The number of carboxylic acids is 1. The van der Waals surface area contributed by atoms with Gasteiger partial charge in [0.25, 0.3) is 0 Å². The predicted molar refractivity (Wildman–Crippen MR) is 63.3 cm³/mol. The fourth-order valence-corrected chi connectivity index (χ4v) is 2.91. The Kier molecular flexibility index (Phi) is 4.61. The number of hydrogen-bond donors (Lipinski definition) is 3. The highest BCUT2D eigenvalue weighted by Gasteiger charge is 2.30. The van der Waals surface area contributed by atoms with E-state index in [0.29, 0.717) is 6.54 Å². The number of aliphatic carboxylic acids is 1. The van der Waals surface area contributed by atoms with Crippen LogP contribution in [0.25, 0.3) is 0 Å². The molecule has 16 heavy (non-hydrogen) atoms. The fraction of sp³-hybridized carbons (Fsp3) is 0.800. The van der Waals surface area contributed by atoms with Gasteiger partial charge >= 0.3 is 5.97 Å². The summed E-state index contributed by atoms with van der Waals surface area (Å²) in [6, 6.07) is -0.951. The molecule has 1 heterocycles. The minimum absolute atomic E-state index is 0.0819. The van der Waals surface area contributed by atoms with Crippen LogP contribution in [0.1, 0.15) is 26.2 Å². The minimum Gasteiger partial charge on any atom is -0.481 e. The summed E-state index contributed by atoms with van der Waals surface area (Å²) < 4.78 is 0.0819. The third-order valence-corrected chi connectivity index (χ3v) is 4.21. The van der Waals surface area contributed by atoms with Crippen LogP contribution in [0.4, 0.5) is 0 Å². The lowest BCUT2D eigenvalue weighted by molar-refractivity contribution is -0.139. The Bertz CT molecular complexity index is 277. The summed E-state index contributed by atoms with van der Waals surface area (Å²) in [5, 5.41) is 11.2. The molecular weight excluding hydrogens is 228 g/mol. The zero-order valence-corrected chi connectivity index (χ0v) is 10.2. The second-order valence-electron chi connectivity index (χ2n) is 4.32. The van der Waals surface area contributed by atoms with E-state index in [1.807, 2.05) is 11.8 Å². The maximum Gasteiger partial charge on any atom is 0.305 e. The Hall–Kier alpha value is -0.750. The summed E-state index contributed by atoms with van der Waals surface area (Å²) in [5.41, 5.74) is 5.45. The van der Waals surface area contributed by atoms with E-state index in [1.54, 1.807) is 0 Å². The molecule has 0 bridgehead atoms. The van der Waals surface area contributed by atoms with Gasteiger partial charge in [-0.1, -0.05) is 0 Å². The molecule has 2 unspecified atom stereocenters. The summed E-state index contributed by atoms with van der Waals surface area (Å²) in [4.78, 5) is 21.8. The molecular formula is C10H18N2O3S. The number of amides is 1. The molecule has 1 amide bonds. The Morgan fingerprint density at radius 3 is 2.81 bits per heavy atom. The number of carbonyl (C=O) groups excluding carboxylic acids is 1. The van der Waals surface area contributed by atoms with Crippen molar-refractivity contribution in [2.75, 3.05) is 12.3 Å². The molecule has 6 heteroatoms. The van der Waals surface area contributed by atoms with Crippen LogP contribution in [0.5, 0.6) is 0 Å². The first-order valence-corrected chi connectivity index (χ1v) is 6.30. The summed E-state index contributed by atoms with van der Waals surface area (Å²) in [6.07, 6.45) is 1.92. The van der Waals surface area contributed by atoms with Gasteiger partial charge in [0.05, 0.1) is 12.5 Å². The Labute approximate surface area is 99.1 Å². The van der Waals surface area contributed by atoms with E-state index < -0.39 is 12.0 Å². The van der Waals surface area contributed by atoms with Gasteiger partial charge in [0.1, 0.15) is 0 Å². The second kappa shape index (κ2) is 5.54. The van der Waals surface area contributed by atoms with E-state index in [-0.39, 0.29) is 17.1 Å². The molecule has 1 aliphatic heterocycles. The van der Waals surface area contributed by atoms with Gasteiger partial charge in [-0.25, -0.2) is 0 Å². The molecule has 0 aromatic heterocycles. The fourth-order valence-electron chi connectivity index (χ4n) is 1.66. The highest BCUT2D eigenvalue weighted by atomic mass is 32.2. The zero-order valence-electron chi connectivity index (χ0n) is 9.36. The van der Waals surface area contributed by atoms with Crippen molar-refractivity contribution in [2.45, 2.75) is 37.0 Å². The quantitative estimate of drug-likeness (QED) is 0.644. The molecule has 0 saturated carbocycles. The molecule has 1 saturated heterocycles. The third kappa shape index (κ3) is 4.02. The monoisotopic (exact) mass is 246 g/mol. The van der Waals surface area contributed by atoms with E-state index in [0.717, 1.165) is 18.6 Å². The van der Waals surface area contributed by atoms with Crippen molar-refractivity contribution >= 4 is 23.6 Å². The standard InChI is InChI=1S/C10H18N2O3S/c1-10(3-2-4-16-10)6-12-9(15)7(11)5-8(13)14/h7H,2-6,11H2,1H3,(H,12,15)(H,13,14). The van der Waals surface area contributed by atoms with Crippen LogP contribution < -0.4 is 11.1 Å². The van der Waals surface area contributed by atoms with E-state index in [9.17, 15) is 9.59 Å². The molecule has 0 spiro atoms. The molecule has 0 aliphatic carbocycles. The first kappa shape index (κ1) is 13.3. The van der Waals surface area contributed by atoms with Crippen molar-refractivity contribution in [3.8, 4) is 0 Å². The SMILES string of the molecule is CC1(CNC(=O)C(N)CC(=O)O)CCCS1. The number of rotatable bonds is 5. The number of carboxylic acid groups (broad SMARTS) is 1. The summed E-state index contributed by atoms with van der Waals surface area (Å²) in [5.74, 6) is -0.312. The average Bonchev–Trinajstić information content (AvgIpc) is 2.61. The van der Waals surface area contributed by atoms with Crippen LogP contribution >= 0.6 is 11.8 Å². The van der Waals surface area contributed by atoms with E-state index in [4.69, 9.17) is 10.8 Å². The normalized spacial score (nSPS) is 26.4. The maximum absolute atomic E-state index is 11.5. The van der Waals surface area contributed by atoms with Gasteiger partial charge < -0.3 is 16.2 Å².